The van der Waals surface area contributed by atoms with Crippen LogP contribution >= 0.6 is 23.2 Å². The van der Waals surface area contributed by atoms with Crippen LogP contribution in [0.3, 0.4) is 0 Å². The number of halogens is 5. The Labute approximate surface area is 755 Å². The molecule has 4 saturated heterocycles. The first-order chi connectivity index (χ1) is 60.3. The number of benzene rings is 8. The average Bonchev–Trinajstić information content (AvgIpc) is 1.48. The van der Waals surface area contributed by atoms with Crippen molar-refractivity contribution in [2.45, 2.75) is 128 Å². The Bertz CT molecular complexity index is 6030. The molecule has 0 atom stereocenters. The van der Waals surface area contributed by atoms with Crippen molar-refractivity contribution >= 4 is 66.8 Å². The van der Waals surface area contributed by atoms with E-state index in [2.05, 4.69) is 50.7 Å². The lowest BCUT2D eigenvalue weighted by Crippen LogP contribution is -2.24. The molecular formula is C103H113Cl2F3N16O4. The molecule has 16 aromatic rings. The van der Waals surface area contributed by atoms with Crippen LogP contribution in [0.25, 0.3) is 111 Å². The summed E-state index contributed by atoms with van der Waals surface area (Å²) in [5.74, 6) is -1.09. The van der Waals surface area contributed by atoms with Gasteiger partial charge in [0, 0.05) is 152 Å². The second-order valence-corrected chi connectivity index (χ2v) is 33.6. The highest BCUT2D eigenvalue weighted by Gasteiger charge is 2.21. The van der Waals surface area contributed by atoms with E-state index in [0.717, 1.165) is 147 Å². The summed E-state index contributed by atoms with van der Waals surface area (Å²) in [6.45, 7) is 22.6. The molecule has 4 aliphatic rings. The van der Waals surface area contributed by atoms with Crippen molar-refractivity contribution in [3.63, 3.8) is 0 Å². The molecule has 20 nitrogen and oxygen atoms in total. The minimum absolute atomic E-state index is 0. The van der Waals surface area contributed by atoms with Crippen LogP contribution < -0.4 is 22.2 Å². The summed E-state index contributed by atoms with van der Waals surface area (Å²) in [7, 11) is 0. The van der Waals surface area contributed by atoms with Gasteiger partial charge in [-0.25, -0.2) is 13.2 Å². The van der Waals surface area contributed by atoms with E-state index < -0.39 is 5.82 Å². The number of hydrogen-bond donors (Lipinski definition) is 0. The molecule has 0 aliphatic carbocycles. The van der Waals surface area contributed by atoms with Gasteiger partial charge in [0.25, 0.3) is 22.2 Å². The molecule has 0 radical (unpaired) electrons. The van der Waals surface area contributed by atoms with Gasteiger partial charge in [0.1, 0.15) is 17.5 Å². The number of pyridine rings is 4. The van der Waals surface area contributed by atoms with E-state index in [0.29, 0.717) is 43.4 Å². The zero-order valence-electron chi connectivity index (χ0n) is 69.7. The molecule has 0 unspecified atom stereocenters. The van der Waals surface area contributed by atoms with E-state index in [1.807, 2.05) is 169 Å². The SMILES string of the molecule is C.C.C.C.Cc1ccc(-c2ccn(-c3ccc4c(cnn4CCN4CCCC4)c3)c(=O)c2)c(Cl)c1.Cc1ccc(-c2ccn(-c3ccc4c(cnn4CCN4CCCC4)c3)c(=O)c2)c(F)c1.Cc1ccc(-c2ccn(-c3ccc4c(cnn4CCN4CCCC4)c3)c(=O)c2)c(F)c1.O=c1cc(-c2ccc(Cl)cc2F)ccn1-c1ccc2c(cnn2CCN2CCCC2)c1. The maximum absolute atomic E-state index is 14.3. The van der Waals surface area contributed by atoms with Crippen molar-refractivity contribution in [3.05, 3.63) is 329 Å². The van der Waals surface area contributed by atoms with E-state index in [9.17, 15) is 32.3 Å². The molecule has 25 heteroatoms. The number of hydrogen-bond acceptors (Lipinski definition) is 12. The highest BCUT2D eigenvalue weighted by atomic mass is 35.5. The van der Waals surface area contributed by atoms with Gasteiger partial charge >= 0.3 is 0 Å². The highest BCUT2D eigenvalue weighted by Crippen LogP contribution is 2.32. The van der Waals surface area contributed by atoms with Gasteiger partial charge in [-0.2, -0.15) is 20.4 Å². The predicted molar refractivity (Wildman–Crippen MR) is 517 cm³/mol. The second kappa shape index (κ2) is 42.1. The molecule has 8 aromatic heterocycles. The number of aromatic nitrogens is 12. The van der Waals surface area contributed by atoms with E-state index in [1.165, 1.54) is 140 Å². The van der Waals surface area contributed by atoms with Crippen LogP contribution in [0.4, 0.5) is 13.2 Å². The van der Waals surface area contributed by atoms with E-state index in [4.69, 9.17) is 23.2 Å². The Kier molecular flexibility index (Phi) is 30.7. The Morgan fingerprint density at radius 3 is 0.789 bits per heavy atom. The summed E-state index contributed by atoms with van der Waals surface area (Å²) in [6, 6.07) is 57.5. The third-order valence-electron chi connectivity index (χ3n) is 24.1. The summed E-state index contributed by atoms with van der Waals surface area (Å²) >= 11 is 12.2. The molecule has 12 heterocycles. The summed E-state index contributed by atoms with van der Waals surface area (Å²) in [5, 5.41) is 23.2. The summed E-state index contributed by atoms with van der Waals surface area (Å²) in [6.07, 6.45) is 24.6. The van der Waals surface area contributed by atoms with Gasteiger partial charge in [-0.1, -0.05) is 89.3 Å². The van der Waals surface area contributed by atoms with Gasteiger partial charge in [0.05, 0.1) is 73.0 Å². The zero-order valence-corrected chi connectivity index (χ0v) is 71.3. The number of rotatable bonds is 20. The molecule has 664 valence electrons. The van der Waals surface area contributed by atoms with Gasteiger partial charge in [-0.15, -0.1) is 0 Å². The third-order valence-corrected chi connectivity index (χ3v) is 24.7. The second-order valence-electron chi connectivity index (χ2n) is 32.7. The molecule has 0 spiro atoms. The summed E-state index contributed by atoms with van der Waals surface area (Å²) in [4.78, 5) is 61.1. The lowest BCUT2D eigenvalue weighted by Gasteiger charge is -2.14. The topological polar surface area (TPSA) is 172 Å². The van der Waals surface area contributed by atoms with Crippen LogP contribution in [0.15, 0.2) is 263 Å². The zero-order chi connectivity index (χ0) is 85.5. The van der Waals surface area contributed by atoms with Crippen LogP contribution in [0.1, 0.15) is 97.8 Å². The first-order valence-corrected chi connectivity index (χ1v) is 43.5. The fourth-order valence-electron chi connectivity index (χ4n) is 17.3. The van der Waals surface area contributed by atoms with E-state index >= 15 is 0 Å². The van der Waals surface area contributed by atoms with E-state index in [1.54, 1.807) is 85.4 Å². The molecule has 0 saturated carbocycles. The van der Waals surface area contributed by atoms with Crippen LogP contribution in [0, 0.1) is 38.2 Å². The molecule has 128 heavy (non-hydrogen) atoms. The van der Waals surface area contributed by atoms with Crippen LogP contribution in [0.2, 0.25) is 10.0 Å². The molecule has 4 aliphatic heterocycles. The van der Waals surface area contributed by atoms with Gasteiger partial charge in [-0.3, -0.25) is 56.2 Å². The molecule has 8 aromatic carbocycles. The van der Waals surface area contributed by atoms with Crippen molar-refractivity contribution in [3.8, 4) is 67.3 Å². The lowest BCUT2D eigenvalue weighted by molar-refractivity contribution is 0.318. The highest BCUT2D eigenvalue weighted by molar-refractivity contribution is 6.33. The average molecular weight is 1770 g/mol. The fraction of sp³-hybridized carbons (Fsp3) is 0.301. The molecule has 0 N–H and O–H groups in total. The first-order valence-electron chi connectivity index (χ1n) is 42.7. The number of fused-ring (bicyclic) bond motifs is 4. The molecule has 0 bridgehead atoms. The van der Waals surface area contributed by atoms with Crippen LogP contribution in [-0.2, 0) is 26.2 Å². The Balaban J connectivity index is 0.000000144. The summed E-state index contributed by atoms with van der Waals surface area (Å²) in [5.41, 5.74) is 14.1. The molecule has 20 rings (SSSR count). The van der Waals surface area contributed by atoms with Crippen molar-refractivity contribution in [1.82, 2.24) is 77.0 Å². The summed E-state index contributed by atoms with van der Waals surface area (Å²) < 4.78 is 57.4. The van der Waals surface area contributed by atoms with Crippen molar-refractivity contribution < 1.29 is 13.2 Å². The van der Waals surface area contributed by atoms with Crippen LogP contribution in [0.5, 0.6) is 0 Å². The minimum Gasteiger partial charge on any atom is -0.301 e. The van der Waals surface area contributed by atoms with Crippen LogP contribution in [-0.4, -0.2) is 156 Å². The van der Waals surface area contributed by atoms with Crippen molar-refractivity contribution in [2.75, 3.05) is 78.5 Å². The monoisotopic (exact) mass is 1760 g/mol. The number of nitrogens with zero attached hydrogens (tertiary/aromatic N) is 16. The number of likely N-dealkylation sites (tertiary alicyclic amines) is 4. The van der Waals surface area contributed by atoms with Gasteiger partial charge in [0.2, 0.25) is 0 Å². The van der Waals surface area contributed by atoms with Gasteiger partial charge < -0.3 is 19.6 Å². The smallest absolute Gasteiger partial charge is 0.255 e. The van der Waals surface area contributed by atoms with Crippen molar-refractivity contribution in [2.24, 2.45) is 0 Å². The lowest BCUT2D eigenvalue weighted by atomic mass is 10.0. The Hall–Kier alpha value is -12.4. The quantitative estimate of drug-likeness (QED) is 0.0708. The van der Waals surface area contributed by atoms with E-state index in [-0.39, 0.29) is 63.6 Å². The third kappa shape index (κ3) is 21.4. The Morgan fingerprint density at radius 2 is 0.531 bits per heavy atom. The first kappa shape index (κ1) is 93.3. The van der Waals surface area contributed by atoms with Gasteiger partial charge in [0.15, 0.2) is 0 Å². The Morgan fingerprint density at radius 1 is 0.281 bits per heavy atom. The van der Waals surface area contributed by atoms with Crippen molar-refractivity contribution in [1.29, 1.82) is 0 Å². The standard InChI is InChI=1S/C25H25ClN4O.2C25H25FN4O.C24H22ClFN4O.4CH4/c3*1-18-4-6-22(23(26)14-18)19-8-11-29(25(31)16-19)21-5-7-24-20(15-21)17-27-30(24)13-12-28-9-2-3-10-28;25-19-3-5-21(22(26)15-19)17-7-10-29(24(31)14-17)20-4-6-23-18(13-20)16-27-30(23)12-11-28-8-1-2-9-28;;;;/h3*4-8,11,14-17H,2-3,9-10,12-13H2,1H3;3-7,10,13-16H,1-2,8-9,11-12H2;4*1H4. The minimum atomic E-state index is -0.451. The largest absolute Gasteiger partial charge is 0.301 e. The molecule has 0 amide bonds. The van der Waals surface area contributed by atoms with Gasteiger partial charge in [-0.05, 0) is 297 Å². The maximum atomic E-state index is 14.3. The molecule has 4 fully saturated rings. The fourth-order valence-corrected chi connectivity index (χ4v) is 17.8. The number of aryl methyl sites for hydroxylation is 3. The maximum Gasteiger partial charge on any atom is 0.255 e. The molecular weight excluding hydrogens is 1650 g/mol. The normalized spacial score (nSPS) is 14.1. The predicted octanol–water partition coefficient (Wildman–Crippen LogP) is 21.0.